The molecule has 1 N–H and O–H groups in total. The highest BCUT2D eigenvalue weighted by Crippen LogP contribution is 2.33. The molecule has 0 aliphatic carbocycles. The Morgan fingerprint density at radius 1 is 1.47 bits per heavy atom. The van der Waals surface area contributed by atoms with Gasteiger partial charge in [0, 0.05) is 36.5 Å². The molecule has 4 heteroatoms. The van der Waals surface area contributed by atoms with E-state index >= 15 is 0 Å². The van der Waals surface area contributed by atoms with Crippen LogP contribution in [0.4, 0.5) is 0 Å². The standard InChI is InChI=1S/C11H16N2OS/c14-10-1-3-13-9(5-10)6-12-11(13)8-2-4-15-7-8/h6,8,10,14H,1-5,7H2. The summed E-state index contributed by atoms with van der Waals surface area (Å²) in [5.74, 6) is 4.41. The predicted octanol–water partition coefficient (Wildman–Crippen LogP) is 1.41. The van der Waals surface area contributed by atoms with Crippen LogP contribution >= 0.6 is 11.8 Å². The lowest BCUT2D eigenvalue weighted by Gasteiger charge is -2.22. The lowest BCUT2D eigenvalue weighted by atomic mass is 10.1. The van der Waals surface area contributed by atoms with E-state index in [1.807, 2.05) is 18.0 Å². The topological polar surface area (TPSA) is 38.0 Å². The molecule has 1 saturated heterocycles. The molecule has 0 bridgehead atoms. The second-order valence-corrected chi connectivity index (χ2v) is 5.62. The molecule has 0 aromatic carbocycles. The molecule has 2 aliphatic heterocycles. The third kappa shape index (κ3) is 1.70. The Balaban J connectivity index is 1.90. The number of imidazole rings is 1. The third-order valence-corrected chi connectivity index (χ3v) is 4.56. The minimum atomic E-state index is -0.153. The van der Waals surface area contributed by atoms with Crippen LogP contribution in [0.1, 0.15) is 30.3 Å². The van der Waals surface area contributed by atoms with Crippen molar-refractivity contribution < 1.29 is 5.11 Å². The summed E-state index contributed by atoms with van der Waals surface area (Å²) in [6.07, 6.45) is 4.74. The first-order chi connectivity index (χ1) is 7.34. The third-order valence-electron chi connectivity index (χ3n) is 3.39. The van der Waals surface area contributed by atoms with E-state index in [4.69, 9.17) is 0 Å². The highest BCUT2D eigenvalue weighted by molar-refractivity contribution is 7.99. The van der Waals surface area contributed by atoms with Crippen LogP contribution in [0.5, 0.6) is 0 Å². The van der Waals surface area contributed by atoms with Gasteiger partial charge in [-0.25, -0.2) is 4.98 Å². The number of hydrogen-bond acceptors (Lipinski definition) is 3. The van der Waals surface area contributed by atoms with Crippen molar-refractivity contribution in [1.29, 1.82) is 0 Å². The molecule has 2 atom stereocenters. The first kappa shape index (κ1) is 9.73. The van der Waals surface area contributed by atoms with Crippen LogP contribution in [0.2, 0.25) is 0 Å². The summed E-state index contributed by atoms with van der Waals surface area (Å²) in [4.78, 5) is 4.55. The quantitative estimate of drug-likeness (QED) is 0.784. The average molecular weight is 224 g/mol. The monoisotopic (exact) mass is 224 g/mol. The molecule has 1 fully saturated rings. The molecule has 0 radical (unpaired) electrons. The summed E-state index contributed by atoms with van der Waals surface area (Å²) in [6, 6.07) is 0. The second kappa shape index (κ2) is 3.83. The summed E-state index contributed by atoms with van der Waals surface area (Å²) in [5.41, 5.74) is 1.22. The van der Waals surface area contributed by atoms with E-state index in [1.165, 1.54) is 29.4 Å². The zero-order valence-corrected chi connectivity index (χ0v) is 9.54. The summed E-state index contributed by atoms with van der Waals surface area (Å²) in [7, 11) is 0. The lowest BCUT2D eigenvalue weighted by molar-refractivity contribution is 0.142. The van der Waals surface area contributed by atoms with E-state index in [2.05, 4.69) is 9.55 Å². The highest BCUT2D eigenvalue weighted by Gasteiger charge is 2.26. The van der Waals surface area contributed by atoms with Gasteiger partial charge in [0.25, 0.3) is 0 Å². The normalized spacial score (nSPS) is 30.5. The summed E-state index contributed by atoms with van der Waals surface area (Å²) < 4.78 is 2.34. The van der Waals surface area contributed by atoms with Crippen molar-refractivity contribution in [2.24, 2.45) is 0 Å². The van der Waals surface area contributed by atoms with E-state index in [0.29, 0.717) is 5.92 Å². The van der Waals surface area contributed by atoms with E-state index in [1.54, 1.807) is 0 Å². The molecule has 1 aromatic rings. The Morgan fingerprint density at radius 3 is 3.20 bits per heavy atom. The maximum Gasteiger partial charge on any atom is 0.112 e. The average Bonchev–Trinajstić information content (AvgIpc) is 2.82. The summed E-state index contributed by atoms with van der Waals surface area (Å²) >= 11 is 2.03. The maximum atomic E-state index is 9.59. The Labute approximate surface area is 93.9 Å². The van der Waals surface area contributed by atoms with Crippen LogP contribution in [0, 0.1) is 0 Å². The number of aromatic nitrogens is 2. The fourth-order valence-electron chi connectivity index (χ4n) is 2.53. The predicted molar refractivity (Wildman–Crippen MR) is 61.2 cm³/mol. The van der Waals surface area contributed by atoms with Gasteiger partial charge >= 0.3 is 0 Å². The zero-order chi connectivity index (χ0) is 10.3. The van der Waals surface area contributed by atoms with Gasteiger partial charge in [-0.1, -0.05) is 0 Å². The van der Waals surface area contributed by atoms with Crippen molar-refractivity contribution >= 4 is 11.8 Å². The van der Waals surface area contributed by atoms with Crippen LogP contribution in [0.25, 0.3) is 0 Å². The number of nitrogens with zero attached hydrogens (tertiary/aromatic N) is 2. The molecule has 2 aliphatic rings. The van der Waals surface area contributed by atoms with Crippen LogP contribution in [0.15, 0.2) is 6.20 Å². The van der Waals surface area contributed by atoms with Gasteiger partial charge < -0.3 is 9.67 Å². The van der Waals surface area contributed by atoms with Crippen LogP contribution in [0.3, 0.4) is 0 Å². The Bertz CT molecular complexity index is 357. The van der Waals surface area contributed by atoms with Crippen molar-refractivity contribution in [2.75, 3.05) is 11.5 Å². The van der Waals surface area contributed by atoms with Gasteiger partial charge in [0.15, 0.2) is 0 Å². The molecule has 3 heterocycles. The van der Waals surface area contributed by atoms with E-state index < -0.39 is 0 Å². The smallest absolute Gasteiger partial charge is 0.112 e. The Morgan fingerprint density at radius 2 is 2.40 bits per heavy atom. The molecule has 82 valence electrons. The van der Waals surface area contributed by atoms with Crippen LogP contribution in [-0.2, 0) is 13.0 Å². The van der Waals surface area contributed by atoms with Gasteiger partial charge in [0.1, 0.15) is 5.82 Å². The zero-order valence-electron chi connectivity index (χ0n) is 8.72. The van der Waals surface area contributed by atoms with Crippen molar-refractivity contribution in [3.05, 3.63) is 17.7 Å². The SMILES string of the molecule is OC1CCn2c(cnc2C2CCSC2)C1. The van der Waals surface area contributed by atoms with E-state index in [0.717, 1.165) is 19.4 Å². The fraction of sp³-hybridized carbons (Fsp3) is 0.727. The molecule has 15 heavy (non-hydrogen) atoms. The van der Waals surface area contributed by atoms with Gasteiger partial charge in [-0.15, -0.1) is 0 Å². The first-order valence-electron chi connectivity index (χ1n) is 5.64. The van der Waals surface area contributed by atoms with Gasteiger partial charge in [-0.05, 0) is 18.6 Å². The van der Waals surface area contributed by atoms with Crippen LogP contribution in [-0.4, -0.2) is 32.3 Å². The molecule has 3 nitrogen and oxygen atoms in total. The van der Waals surface area contributed by atoms with Crippen LogP contribution < -0.4 is 0 Å². The summed E-state index contributed by atoms with van der Waals surface area (Å²) in [5, 5.41) is 9.59. The summed E-state index contributed by atoms with van der Waals surface area (Å²) in [6.45, 7) is 0.951. The van der Waals surface area contributed by atoms with Gasteiger partial charge in [0.05, 0.1) is 6.10 Å². The number of fused-ring (bicyclic) bond motifs is 1. The molecule has 0 spiro atoms. The van der Waals surface area contributed by atoms with Crippen molar-refractivity contribution in [1.82, 2.24) is 9.55 Å². The van der Waals surface area contributed by atoms with E-state index in [9.17, 15) is 5.11 Å². The Kier molecular flexibility index (Phi) is 2.48. The lowest BCUT2D eigenvalue weighted by Crippen LogP contribution is -2.24. The fourth-order valence-corrected chi connectivity index (χ4v) is 3.75. The molecular formula is C11H16N2OS. The number of aliphatic hydroxyl groups is 1. The van der Waals surface area contributed by atoms with Gasteiger partial charge in [-0.2, -0.15) is 11.8 Å². The second-order valence-electron chi connectivity index (χ2n) is 4.47. The Hall–Kier alpha value is -0.480. The number of aliphatic hydroxyl groups excluding tert-OH is 1. The minimum absolute atomic E-state index is 0.153. The molecule has 1 aromatic heterocycles. The number of hydrogen-bond donors (Lipinski definition) is 1. The van der Waals surface area contributed by atoms with Gasteiger partial charge in [0.2, 0.25) is 0 Å². The molecule has 3 rings (SSSR count). The molecule has 0 amide bonds. The number of thioether (sulfide) groups is 1. The largest absolute Gasteiger partial charge is 0.393 e. The maximum absolute atomic E-state index is 9.59. The van der Waals surface area contributed by atoms with Gasteiger partial charge in [-0.3, -0.25) is 0 Å². The van der Waals surface area contributed by atoms with E-state index in [-0.39, 0.29) is 6.10 Å². The van der Waals surface area contributed by atoms with Crippen molar-refractivity contribution in [3.63, 3.8) is 0 Å². The first-order valence-corrected chi connectivity index (χ1v) is 6.80. The van der Waals surface area contributed by atoms with Crippen molar-refractivity contribution in [3.8, 4) is 0 Å². The molecule has 2 unspecified atom stereocenters. The minimum Gasteiger partial charge on any atom is -0.393 e. The van der Waals surface area contributed by atoms with Crippen molar-refractivity contribution in [2.45, 2.75) is 37.8 Å². The highest BCUT2D eigenvalue weighted by atomic mass is 32.2. The number of rotatable bonds is 1. The molecule has 0 saturated carbocycles. The molecular weight excluding hydrogens is 208 g/mol.